The van der Waals surface area contributed by atoms with Gasteiger partial charge in [0.05, 0.1) is 6.54 Å². The number of nitrogens with one attached hydrogen (secondary N) is 1. The average Bonchev–Trinajstić information content (AvgIpc) is 2.98. The number of hydrogen-bond donors (Lipinski definition) is 1. The smallest absolute Gasteiger partial charge is 0.157 e. The lowest BCUT2D eigenvalue weighted by Gasteiger charge is -2.22. The lowest BCUT2D eigenvalue weighted by atomic mass is 10.1. The molecule has 3 rings (SSSR count). The molecule has 17 heavy (non-hydrogen) atoms. The van der Waals surface area contributed by atoms with Gasteiger partial charge in [0.25, 0.3) is 0 Å². The second kappa shape index (κ2) is 5.19. The van der Waals surface area contributed by atoms with Crippen LogP contribution in [-0.4, -0.2) is 47.0 Å². The molecule has 0 aromatic heterocycles. The number of rotatable bonds is 3. The molecule has 1 N–H and O–H groups in total. The van der Waals surface area contributed by atoms with Crippen molar-refractivity contribution in [3.63, 3.8) is 0 Å². The molecule has 3 aliphatic rings. The first-order valence-corrected chi connectivity index (χ1v) is 7.96. The van der Waals surface area contributed by atoms with Crippen LogP contribution in [0.2, 0.25) is 0 Å². The molecule has 0 aromatic rings. The molecule has 0 saturated carbocycles. The Morgan fingerprint density at radius 3 is 3.24 bits per heavy atom. The van der Waals surface area contributed by atoms with Gasteiger partial charge in [-0.25, -0.2) is 0 Å². The summed E-state index contributed by atoms with van der Waals surface area (Å²) >= 11 is 1.98. The zero-order chi connectivity index (χ0) is 11.7. The quantitative estimate of drug-likeness (QED) is 0.834. The van der Waals surface area contributed by atoms with Gasteiger partial charge in [0.1, 0.15) is 0 Å². The zero-order valence-corrected chi connectivity index (χ0v) is 11.5. The van der Waals surface area contributed by atoms with Crippen molar-refractivity contribution >= 4 is 16.9 Å². The van der Waals surface area contributed by atoms with E-state index in [0.29, 0.717) is 6.04 Å². The first kappa shape index (κ1) is 11.8. The summed E-state index contributed by atoms with van der Waals surface area (Å²) < 4.78 is 0. The van der Waals surface area contributed by atoms with Crippen molar-refractivity contribution in [1.29, 1.82) is 0 Å². The van der Waals surface area contributed by atoms with Gasteiger partial charge in [-0.3, -0.25) is 9.89 Å². The van der Waals surface area contributed by atoms with Gasteiger partial charge in [0.2, 0.25) is 0 Å². The van der Waals surface area contributed by atoms with Gasteiger partial charge in [-0.05, 0) is 32.2 Å². The topological polar surface area (TPSA) is 27.6 Å². The highest BCUT2D eigenvalue weighted by atomic mass is 32.2. The summed E-state index contributed by atoms with van der Waals surface area (Å²) in [4.78, 5) is 7.32. The minimum atomic E-state index is 0.670. The fourth-order valence-electron chi connectivity index (χ4n) is 3.38. The number of thioether (sulfide) groups is 1. The molecule has 3 nitrogen and oxygen atoms in total. The van der Waals surface area contributed by atoms with Crippen molar-refractivity contribution in [2.75, 3.05) is 19.6 Å². The van der Waals surface area contributed by atoms with Crippen LogP contribution in [0.1, 0.15) is 39.0 Å². The number of fused-ring (bicyclic) bond motifs is 1. The van der Waals surface area contributed by atoms with E-state index < -0.39 is 0 Å². The molecule has 4 heteroatoms. The number of nitrogens with zero attached hydrogens (tertiary/aromatic N) is 2. The van der Waals surface area contributed by atoms with Crippen LogP contribution in [0.4, 0.5) is 0 Å². The third kappa shape index (κ3) is 2.48. The van der Waals surface area contributed by atoms with Crippen LogP contribution in [0.5, 0.6) is 0 Å². The molecular weight excluding hydrogens is 230 g/mol. The van der Waals surface area contributed by atoms with Crippen molar-refractivity contribution in [2.24, 2.45) is 4.99 Å². The Kier molecular flexibility index (Phi) is 3.61. The Balaban J connectivity index is 1.51. The third-order valence-corrected chi connectivity index (χ3v) is 5.43. The second-order valence-electron chi connectivity index (χ2n) is 5.46. The van der Waals surface area contributed by atoms with Crippen molar-refractivity contribution in [2.45, 2.75) is 56.4 Å². The van der Waals surface area contributed by atoms with E-state index in [1.54, 1.807) is 0 Å². The Bertz CT molecular complexity index is 305. The largest absolute Gasteiger partial charge is 0.361 e. The molecule has 96 valence electrons. The summed E-state index contributed by atoms with van der Waals surface area (Å²) in [7, 11) is 0. The lowest BCUT2D eigenvalue weighted by Crippen LogP contribution is -2.41. The van der Waals surface area contributed by atoms with Crippen LogP contribution < -0.4 is 5.32 Å². The van der Waals surface area contributed by atoms with Gasteiger partial charge >= 0.3 is 0 Å². The van der Waals surface area contributed by atoms with Crippen molar-refractivity contribution in [3.8, 4) is 0 Å². The molecule has 3 aliphatic heterocycles. The van der Waals surface area contributed by atoms with Crippen LogP contribution in [0.15, 0.2) is 4.99 Å². The van der Waals surface area contributed by atoms with Crippen molar-refractivity contribution in [3.05, 3.63) is 0 Å². The van der Waals surface area contributed by atoms with E-state index in [4.69, 9.17) is 0 Å². The van der Waals surface area contributed by atoms with Crippen LogP contribution in [0, 0.1) is 0 Å². The molecule has 3 unspecified atom stereocenters. The Morgan fingerprint density at radius 2 is 2.35 bits per heavy atom. The molecule has 0 aliphatic carbocycles. The van der Waals surface area contributed by atoms with Gasteiger partial charge < -0.3 is 5.32 Å². The highest BCUT2D eigenvalue weighted by Gasteiger charge is 2.38. The van der Waals surface area contributed by atoms with Gasteiger partial charge in [0, 0.05) is 23.9 Å². The molecule has 0 bridgehead atoms. The zero-order valence-electron chi connectivity index (χ0n) is 10.7. The van der Waals surface area contributed by atoms with E-state index >= 15 is 0 Å². The highest BCUT2D eigenvalue weighted by molar-refractivity contribution is 8.14. The van der Waals surface area contributed by atoms with E-state index in [2.05, 4.69) is 22.1 Å². The van der Waals surface area contributed by atoms with Crippen molar-refractivity contribution in [1.82, 2.24) is 10.2 Å². The fraction of sp³-hybridized carbons (Fsp3) is 0.923. The van der Waals surface area contributed by atoms with Gasteiger partial charge in [-0.2, -0.15) is 0 Å². The summed E-state index contributed by atoms with van der Waals surface area (Å²) in [5.41, 5.74) is 0. The van der Waals surface area contributed by atoms with Gasteiger partial charge in [-0.1, -0.05) is 25.1 Å². The molecule has 2 fully saturated rings. The molecule has 0 spiro atoms. The summed E-state index contributed by atoms with van der Waals surface area (Å²) in [6.07, 6.45) is 6.66. The predicted molar refractivity (Wildman–Crippen MR) is 74.7 cm³/mol. The van der Waals surface area contributed by atoms with E-state index in [1.165, 1.54) is 50.4 Å². The molecular formula is C13H23N3S. The maximum atomic E-state index is 4.66. The van der Waals surface area contributed by atoms with Crippen molar-refractivity contribution < 1.29 is 0 Å². The van der Waals surface area contributed by atoms with Gasteiger partial charge in [-0.15, -0.1) is 0 Å². The first-order chi connectivity index (χ1) is 8.36. The highest BCUT2D eigenvalue weighted by Crippen LogP contribution is 2.30. The normalized spacial score (nSPS) is 37.2. The predicted octanol–water partition coefficient (Wildman–Crippen LogP) is 2.08. The Hall–Kier alpha value is -0.220. The van der Waals surface area contributed by atoms with E-state index in [0.717, 1.165) is 17.8 Å². The SMILES string of the molecule is CCCC1CN=C(NC2CCN3CCCC23)S1. The molecule has 0 radical (unpaired) electrons. The van der Waals surface area contributed by atoms with E-state index in [1.807, 2.05) is 11.8 Å². The fourth-order valence-corrected chi connectivity index (χ4v) is 4.57. The van der Waals surface area contributed by atoms with Crippen LogP contribution in [-0.2, 0) is 0 Å². The van der Waals surface area contributed by atoms with Crippen LogP contribution >= 0.6 is 11.8 Å². The molecule has 3 atom stereocenters. The summed E-state index contributed by atoms with van der Waals surface area (Å²) in [6, 6.07) is 1.47. The Labute approximate surface area is 108 Å². The van der Waals surface area contributed by atoms with E-state index in [9.17, 15) is 0 Å². The van der Waals surface area contributed by atoms with Crippen LogP contribution in [0.3, 0.4) is 0 Å². The first-order valence-electron chi connectivity index (χ1n) is 7.08. The third-order valence-electron chi connectivity index (χ3n) is 4.24. The average molecular weight is 253 g/mol. The minimum Gasteiger partial charge on any atom is -0.361 e. The monoisotopic (exact) mass is 253 g/mol. The standard InChI is InChI=1S/C13H23N3S/c1-2-4-10-9-14-13(17-10)15-11-6-8-16-7-3-5-12(11)16/h10-12H,2-9H2,1H3,(H,14,15). The molecule has 0 aromatic carbocycles. The Morgan fingerprint density at radius 1 is 1.41 bits per heavy atom. The number of hydrogen-bond acceptors (Lipinski definition) is 4. The lowest BCUT2D eigenvalue weighted by molar-refractivity contribution is 0.308. The number of amidine groups is 1. The van der Waals surface area contributed by atoms with E-state index in [-0.39, 0.29) is 0 Å². The summed E-state index contributed by atoms with van der Waals surface area (Å²) in [5, 5.41) is 5.67. The molecule has 3 heterocycles. The van der Waals surface area contributed by atoms with Gasteiger partial charge in [0.15, 0.2) is 5.17 Å². The van der Waals surface area contributed by atoms with Crippen LogP contribution in [0.25, 0.3) is 0 Å². The molecule has 2 saturated heterocycles. The molecule has 0 amide bonds. The maximum absolute atomic E-state index is 4.66. The minimum absolute atomic E-state index is 0.670. The summed E-state index contributed by atoms with van der Waals surface area (Å²) in [6.45, 7) is 5.90. The maximum Gasteiger partial charge on any atom is 0.157 e. The number of aliphatic imine (C=N–C) groups is 1. The second-order valence-corrected chi connectivity index (χ2v) is 6.75. The summed E-state index contributed by atoms with van der Waals surface area (Å²) in [5.74, 6) is 0.